The van der Waals surface area contributed by atoms with Gasteiger partial charge in [0.05, 0.1) is 6.42 Å². The van der Waals surface area contributed by atoms with Gasteiger partial charge in [0.1, 0.15) is 6.04 Å². The fourth-order valence-electron chi connectivity index (χ4n) is 1.74. The number of rotatable bonds is 6. The third-order valence-electron chi connectivity index (χ3n) is 3.04. The Morgan fingerprint density at radius 3 is 2.39 bits per heavy atom. The Bertz CT molecular complexity index is 404. The summed E-state index contributed by atoms with van der Waals surface area (Å²) in [6, 6.07) is 8.81. The van der Waals surface area contributed by atoms with Crippen molar-refractivity contribution in [2.45, 2.75) is 32.7 Å². The largest absolute Gasteiger partial charge is 0.368 e. The molecule has 0 saturated carbocycles. The number of benzene rings is 1. The second kappa shape index (κ2) is 6.79. The van der Waals surface area contributed by atoms with Crippen molar-refractivity contribution in [3.05, 3.63) is 35.9 Å². The van der Waals surface area contributed by atoms with Crippen molar-refractivity contribution in [2.75, 3.05) is 0 Å². The maximum Gasteiger partial charge on any atom is 0.240 e. The Balaban J connectivity index is 2.60. The van der Waals surface area contributed by atoms with E-state index in [-0.39, 0.29) is 18.2 Å². The molecule has 0 unspecified atom stereocenters. The number of carbonyl (C=O) groups is 2. The van der Waals surface area contributed by atoms with Gasteiger partial charge in [-0.05, 0) is 11.5 Å². The fraction of sp³-hybridized carbons (Fsp3) is 0.429. The molecule has 0 bridgehead atoms. The first-order valence-electron chi connectivity index (χ1n) is 6.17. The van der Waals surface area contributed by atoms with E-state index in [4.69, 9.17) is 5.73 Å². The van der Waals surface area contributed by atoms with E-state index in [2.05, 4.69) is 5.32 Å². The molecule has 1 aromatic carbocycles. The standard InChI is InChI=1S/C14H20N2O2/c1-3-10(2)13(14(15)18)16-12(17)9-11-7-5-4-6-8-11/h4-8,10,13H,3,9H2,1-2H3,(H2,15,18)(H,16,17)/t10-,13+/m0/s1. The maximum absolute atomic E-state index is 11.8. The van der Waals surface area contributed by atoms with Gasteiger partial charge in [-0.25, -0.2) is 0 Å². The molecule has 1 aromatic rings. The zero-order chi connectivity index (χ0) is 13.5. The van der Waals surface area contributed by atoms with Gasteiger partial charge >= 0.3 is 0 Å². The highest BCUT2D eigenvalue weighted by Crippen LogP contribution is 2.08. The van der Waals surface area contributed by atoms with Gasteiger partial charge < -0.3 is 11.1 Å². The number of nitrogens with one attached hydrogen (secondary N) is 1. The Labute approximate surface area is 108 Å². The highest BCUT2D eigenvalue weighted by atomic mass is 16.2. The molecule has 0 saturated heterocycles. The molecule has 0 aliphatic rings. The van der Waals surface area contributed by atoms with E-state index in [0.29, 0.717) is 0 Å². The van der Waals surface area contributed by atoms with Crippen molar-refractivity contribution in [2.24, 2.45) is 11.7 Å². The molecule has 0 fully saturated rings. The Hall–Kier alpha value is -1.84. The number of hydrogen-bond acceptors (Lipinski definition) is 2. The second-order valence-electron chi connectivity index (χ2n) is 4.50. The lowest BCUT2D eigenvalue weighted by atomic mass is 9.98. The molecule has 0 radical (unpaired) electrons. The average Bonchev–Trinajstić information content (AvgIpc) is 2.36. The minimum Gasteiger partial charge on any atom is -0.368 e. The molecule has 2 atom stereocenters. The Kier molecular flexibility index (Phi) is 5.36. The van der Waals surface area contributed by atoms with Crippen LogP contribution in [0.4, 0.5) is 0 Å². The number of primary amides is 1. The van der Waals surface area contributed by atoms with Crippen molar-refractivity contribution >= 4 is 11.8 Å². The summed E-state index contributed by atoms with van der Waals surface area (Å²) in [6.07, 6.45) is 1.06. The summed E-state index contributed by atoms with van der Waals surface area (Å²) in [5.74, 6) is -0.613. The highest BCUT2D eigenvalue weighted by molar-refractivity contribution is 5.87. The van der Waals surface area contributed by atoms with Crippen LogP contribution in [0.2, 0.25) is 0 Å². The van der Waals surface area contributed by atoms with Crippen molar-refractivity contribution < 1.29 is 9.59 Å². The van der Waals surface area contributed by atoms with Gasteiger partial charge in [-0.2, -0.15) is 0 Å². The SMILES string of the molecule is CC[C@H](C)[C@@H](NC(=O)Cc1ccccc1)C(N)=O. The number of amides is 2. The highest BCUT2D eigenvalue weighted by Gasteiger charge is 2.23. The third-order valence-corrected chi connectivity index (χ3v) is 3.04. The van der Waals surface area contributed by atoms with E-state index in [1.54, 1.807) is 0 Å². The summed E-state index contributed by atoms with van der Waals surface area (Å²) < 4.78 is 0. The summed E-state index contributed by atoms with van der Waals surface area (Å²) >= 11 is 0. The Morgan fingerprint density at radius 1 is 1.28 bits per heavy atom. The number of hydrogen-bond donors (Lipinski definition) is 2. The first kappa shape index (κ1) is 14.2. The molecular weight excluding hydrogens is 228 g/mol. The summed E-state index contributed by atoms with van der Waals surface area (Å²) in [5, 5.41) is 2.70. The molecule has 0 aliphatic carbocycles. The summed E-state index contributed by atoms with van der Waals surface area (Å²) in [4.78, 5) is 23.1. The summed E-state index contributed by atoms with van der Waals surface area (Å²) in [7, 11) is 0. The second-order valence-corrected chi connectivity index (χ2v) is 4.50. The molecule has 0 aromatic heterocycles. The summed E-state index contributed by atoms with van der Waals surface area (Å²) in [6.45, 7) is 3.86. The van der Waals surface area contributed by atoms with Crippen LogP contribution in [-0.2, 0) is 16.0 Å². The topological polar surface area (TPSA) is 72.2 Å². The fourth-order valence-corrected chi connectivity index (χ4v) is 1.74. The average molecular weight is 248 g/mol. The van der Waals surface area contributed by atoms with E-state index in [1.807, 2.05) is 44.2 Å². The van der Waals surface area contributed by atoms with Crippen LogP contribution in [0.5, 0.6) is 0 Å². The lowest BCUT2D eigenvalue weighted by Crippen LogP contribution is -2.48. The van der Waals surface area contributed by atoms with Crippen LogP contribution in [0.3, 0.4) is 0 Å². The molecule has 1 rings (SSSR count). The summed E-state index contributed by atoms with van der Waals surface area (Å²) in [5.41, 5.74) is 6.22. The van der Waals surface area contributed by atoms with Crippen LogP contribution in [-0.4, -0.2) is 17.9 Å². The molecule has 3 N–H and O–H groups in total. The Morgan fingerprint density at radius 2 is 1.89 bits per heavy atom. The predicted molar refractivity (Wildman–Crippen MR) is 70.7 cm³/mol. The zero-order valence-electron chi connectivity index (χ0n) is 10.8. The van der Waals surface area contributed by atoms with Gasteiger partial charge in [0.15, 0.2) is 0 Å². The number of nitrogens with two attached hydrogens (primary N) is 1. The van der Waals surface area contributed by atoms with Crippen LogP contribution in [0.15, 0.2) is 30.3 Å². The van der Waals surface area contributed by atoms with Crippen LogP contribution < -0.4 is 11.1 Å². The minimum atomic E-state index is -0.591. The minimum absolute atomic E-state index is 0.0437. The normalized spacial score (nSPS) is 13.7. The van der Waals surface area contributed by atoms with E-state index < -0.39 is 11.9 Å². The zero-order valence-corrected chi connectivity index (χ0v) is 10.8. The number of carbonyl (C=O) groups excluding carboxylic acids is 2. The van der Waals surface area contributed by atoms with Crippen molar-refractivity contribution in [1.82, 2.24) is 5.32 Å². The smallest absolute Gasteiger partial charge is 0.240 e. The van der Waals surface area contributed by atoms with E-state index in [9.17, 15) is 9.59 Å². The maximum atomic E-state index is 11.8. The van der Waals surface area contributed by atoms with Crippen molar-refractivity contribution in [3.63, 3.8) is 0 Å². The lowest BCUT2D eigenvalue weighted by molar-refractivity contribution is -0.128. The molecular formula is C14H20N2O2. The van der Waals surface area contributed by atoms with Gasteiger partial charge in [-0.15, -0.1) is 0 Å². The van der Waals surface area contributed by atoms with E-state index >= 15 is 0 Å². The first-order valence-corrected chi connectivity index (χ1v) is 6.17. The first-order chi connectivity index (χ1) is 8.54. The molecule has 4 nitrogen and oxygen atoms in total. The van der Waals surface area contributed by atoms with E-state index in [0.717, 1.165) is 12.0 Å². The van der Waals surface area contributed by atoms with Crippen molar-refractivity contribution in [1.29, 1.82) is 0 Å². The van der Waals surface area contributed by atoms with Crippen LogP contribution >= 0.6 is 0 Å². The van der Waals surface area contributed by atoms with Crippen molar-refractivity contribution in [3.8, 4) is 0 Å². The van der Waals surface area contributed by atoms with Crippen LogP contribution in [0, 0.1) is 5.92 Å². The van der Waals surface area contributed by atoms with Gasteiger partial charge in [-0.3, -0.25) is 9.59 Å². The molecule has 4 heteroatoms. The third kappa shape index (κ3) is 4.20. The lowest BCUT2D eigenvalue weighted by Gasteiger charge is -2.21. The van der Waals surface area contributed by atoms with Crippen LogP contribution in [0.25, 0.3) is 0 Å². The molecule has 0 aliphatic heterocycles. The monoisotopic (exact) mass is 248 g/mol. The molecule has 2 amide bonds. The van der Waals surface area contributed by atoms with E-state index in [1.165, 1.54) is 0 Å². The van der Waals surface area contributed by atoms with Gasteiger partial charge in [0.25, 0.3) is 0 Å². The van der Waals surface area contributed by atoms with Gasteiger partial charge in [0.2, 0.25) is 11.8 Å². The van der Waals surface area contributed by atoms with Gasteiger partial charge in [-0.1, -0.05) is 50.6 Å². The predicted octanol–water partition coefficient (Wildman–Crippen LogP) is 1.25. The van der Waals surface area contributed by atoms with Gasteiger partial charge in [0, 0.05) is 0 Å². The quantitative estimate of drug-likeness (QED) is 0.795. The molecule has 18 heavy (non-hydrogen) atoms. The molecule has 0 spiro atoms. The van der Waals surface area contributed by atoms with Crippen LogP contribution in [0.1, 0.15) is 25.8 Å². The molecule has 98 valence electrons. The molecule has 0 heterocycles.